The number of nitrogens with zero attached hydrogens (tertiary/aromatic N) is 1. The lowest BCUT2D eigenvalue weighted by Crippen LogP contribution is -2.49. The average molecular weight is 228 g/mol. The third-order valence-corrected chi connectivity index (χ3v) is 2.94. The van der Waals surface area contributed by atoms with Gasteiger partial charge in [0.1, 0.15) is 6.04 Å². The molecule has 0 aromatic rings. The van der Waals surface area contributed by atoms with Gasteiger partial charge in [-0.2, -0.15) is 0 Å². The predicted octanol–water partition coefficient (Wildman–Crippen LogP) is -0.116. The van der Waals surface area contributed by atoms with Crippen LogP contribution in [0.2, 0.25) is 0 Å². The second kappa shape index (κ2) is 5.84. The summed E-state index contributed by atoms with van der Waals surface area (Å²) >= 11 is 0. The molecule has 2 amide bonds. The van der Waals surface area contributed by atoms with E-state index in [0.29, 0.717) is 13.0 Å². The monoisotopic (exact) mass is 228 g/mol. The number of aliphatic hydroxyl groups is 1. The Balaban J connectivity index is 2.52. The van der Waals surface area contributed by atoms with Gasteiger partial charge in [-0.05, 0) is 19.8 Å². The molecule has 1 heterocycles. The number of hydrogen-bond acceptors (Lipinski definition) is 3. The zero-order valence-corrected chi connectivity index (χ0v) is 9.90. The lowest BCUT2D eigenvalue weighted by atomic mass is 10.2. The fourth-order valence-electron chi connectivity index (χ4n) is 1.97. The van der Waals surface area contributed by atoms with Gasteiger partial charge in [0, 0.05) is 13.0 Å². The highest BCUT2D eigenvalue weighted by molar-refractivity contribution is 5.87. The van der Waals surface area contributed by atoms with Gasteiger partial charge < -0.3 is 15.3 Å². The molecule has 1 aliphatic rings. The van der Waals surface area contributed by atoms with Crippen LogP contribution in [0.3, 0.4) is 0 Å². The third-order valence-electron chi connectivity index (χ3n) is 2.94. The minimum absolute atomic E-state index is 0.000183. The van der Waals surface area contributed by atoms with Crippen LogP contribution in [0.4, 0.5) is 0 Å². The van der Waals surface area contributed by atoms with Crippen molar-refractivity contribution in [3.63, 3.8) is 0 Å². The molecule has 5 heteroatoms. The van der Waals surface area contributed by atoms with E-state index in [4.69, 9.17) is 5.11 Å². The summed E-state index contributed by atoms with van der Waals surface area (Å²) in [5.74, 6) is -0.223. The van der Waals surface area contributed by atoms with E-state index in [1.807, 2.05) is 0 Å². The normalized spacial score (nSPS) is 21.9. The van der Waals surface area contributed by atoms with Crippen LogP contribution in [0.1, 0.15) is 33.1 Å². The van der Waals surface area contributed by atoms with Crippen LogP contribution in [-0.4, -0.2) is 47.1 Å². The largest absolute Gasteiger partial charge is 0.394 e. The first-order valence-corrected chi connectivity index (χ1v) is 5.80. The van der Waals surface area contributed by atoms with Gasteiger partial charge in [0.2, 0.25) is 11.8 Å². The summed E-state index contributed by atoms with van der Waals surface area (Å²) in [6.07, 6.45) is 2.14. The molecular weight excluding hydrogens is 208 g/mol. The molecule has 0 aromatic heterocycles. The maximum Gasteiger partial charge on any atom is 0.245 e. The minimum atomic E-state index is -0.500. The van der Waals surface area contributed by atoms with Crippen molar-refractivity contribution in [2.75, 3.05) is 13.2 Å². The topological polar surface area (TPSA) is 69.6 Å². The highest BCUT2D eigenvalue weighted by Gasteiger charge is 2.31. The number of aliphatic hydroxyl groups excluding tert-OH is 1. The van der Waals surface area contributed by atoms with Crippen LogP contribution in [0.25, 0.3) is 0 Å². The van der Waals surface area contributed by atoms with Crippen molar-refractivity contribution in [2.45, 2.75) is 45.2 Å². The van der Waals surface area contributed by atoms with E-state index in [1.165, 1.54) is 0 Å². The molecule has 1 aliphatic heterocycles. The van der Waals surface area contributed by atoms with Crippen LogP contribution >= 0.6 is 0 Å². The summed E-state index contributed by atoms with van der Waals surface area (Å²) in [7, 11) is 0. The van der Waals surface area contributed by atoms with Gasteiger partial charge >= 0.3 is 0 Å². The number of hydrogen-bond donors (Lipinski definition) is 2. The van der Waals surface area contributed by atoms with E-state index in [2.05, 4.69) is 5.32 Å². The second-order valence-electron chi connectivity index (χ2n) is 4.15. The number of carbonyl (C=O) groups is 2. The summed E-state index contributed by atoms with van der Waals surface area (Å²) in [5.41, 5.74) is 0. The Morgan fingerprint density at radius 1 is 1.56 bits per heavy atom. The Kier molecular flexibility index (Phi) is 4.73. The summed E-state index contributed by atoms with van der Waals surface area (Å²) in [5, 5.41) is 11.8. The minimum Gasteiger partial charge on any atom is -0.394 e. The summed E-state index contributed by atoms with van der Waals surface area (Å²) in [4.78, 5) is 24.8. The van der Waals surface area contributed by atoms with E-state index in [0.717, 1.165) is 12.8 Å². The molecule has 0 saturated carbocycles. The van der Waals surface area contributed by atoms with Crippen molar-refractivity contribution in [2.24, 2.45) is 0 Å². The average Bonchev–Trinajstić information content (AvgIpc) is 2.75. The zero-order chi connectivity index (χ0) is 12.1. The number of amides is 2. The molecule has 1 fully saturated rings. The number of carbonyl (C=O) groups excluding carboxylic acids is 2. The molecule has 0 unspecified atom stereocenters. The molecular formula is C11H20N2O3. The van der Waals surface area contributed by atoms with Crippen LogP contribution < -0.4 is 5.32 Å². The molecule has 0 aromatic carbocycles. The number of likely N-dealkylation sites (tertiary alicyclic amines) is 1. The molecule has 1 saturated heterocycles. The molecule has 0 spiro atoms. The predicted molar refractivity (Wildman–Crippen MR) is 59.7 cm³/mol. The Hall–Kier alpha value is -1.10. The van der Waals surface area contributed by atoms with Crippen molar-refractivity contribution in [3.8, 4) is 0 Å². The third kappa shape index (κ3) is 2.95. The van der Waals surface area contributed by atoms with E-state index in [-0.39, 0.29) is 24.5 Å². The fourth-order valence-corrected chi connectivity index (χ4v) is 1.97. The van der Waals surface area contributed by atoms with E-state index in [1.54, 1.807) is 18.7 Å². The van der Waals surface area contributed by atoms with Gasteiger partial charge in [-0.15, -0.1) is 0 Å². The zero-order valence-electron chi connectivity index (χ0n) is 9.90. The Labute approximate surface area is 95.8 Å². The fraction of sp³-hybridized carbons (Fsp3) is 0.818. The molecule has 5 nitrogen and oxygen atoms in total. The van der Waals surface area contributed by atoms with Crippen molar-refractivity contribution < 1.29 is 14.7 Å². The summed E-state index contributed by atoms with van der Waals surface area (Å²) in [6, 6.07) is -0.576. The second-order valence-corrected chi connectivity index (χ2v) is 4.15. The smallest absolute Gasteiger partial charge is 0.245 e. The van der Waals surface area contributed by atoms with Crippen LogP contribution in [0, 0.1) is 0 Å². The molecule has 92 valence electrons. The van der Waals surface area contributed by atoms with Crippen molar-refractivity contribution in [1.29, 1.82) is 0 Å². The first kappa shape index (κ1) is 13.0. The molecule has 2 N–H and O–H groups in total. The Bertz CT molecular complexity index is 268. The highest BCUT2D eigenvalue weighted by Crippen LogP contribution is 2.17. The van der Waals surface area contributed by atoms with E-state index < -0.39 is 6.04 Å². The standard InChI is InChI=1S/C11H20N2O3/c1-3-10(15)12-8(2)11(16)13-6-4-5-9(13)7-14/h8-9,14H,3-7H2,1-2H3,(H,12,15)/t8-,9-/m0/s1. The van der Waals surface area contributed by atoms with Gasteiger partial charge in [0.05, 0.1) is 12.6 Å². The van der Waals surface area contributed by atoms with Crippen molar-refractivity contribution in [1.82, 2.24) is 10.2 Å². The quantitative estimate of drug-likeness (QED) is 0.705. The molecule has 2 atom stereocenters. The molecule has 16 heavy (non-hydrogen) atoms. The van der Waals surface area contributed by atoms with E-state index in [9.17, 15) is 9.59 Å². The lowest BCUT2D eigenvalue weighted by molar-refractivity contribution is -0.137. The Morgan fingerprint density at radius 3 is 2.81 bits per heavy atom. The first-order valence-electron chi connectivity index (χ1n) is 5.80. The lowest BCUT2D eigenvalue weighted by Gasteiger charge is -2.26. The number of nitrogens with one attached hydrogen (secondary N) is 1. The molecule has 0 radical (unpaired) electrons. The van der Waals surface area contributed by atoms with Crippen LogP contribution in [0.15, 0.2) is 0 Å². The summed E-state index contributed by atoms with van der Waals surface area (Å²) < 4.78 is 0. The molecule has 1 rings (SSSR count). The number of rotatable bonds is 4. The van der Waals surface area contributed by atoms with Gasteiger partial charge in [-0.3, -0.25) is 9.59 Å². The van der Waals surface area contributed by atoms with Crippen LogP contribution in [0.5, 0.6) is 0 Å². The van der Waals surface area contributed by atoms with Crippen molar-refractivity contribution >= 4 is 11.8 Å². The van der Waals surface area contributed by atoms with Gasteiger partial charge in [0.15, 0.2) is 0 Å². The van der Waals surface area contributed by atoms with Crippen LogP contribution in [-0.2, 0) is 9.59 Å². The molecule has 0 bridgehead atoms. The highest BCUT2D eigenvalue weighted by atomic mass is 16.3. The summed E-state index contributed by atoms with van der Waals surface area (Å²) in [6.45, 7) is 4.11. The van der Waals surface area contributed by atoms with Crippen molar-refractivity contribution in [3.05, 3.63) is 0 Å². The maximum absolute atomic E-state index is 12.0. The first-order chi connectivity index (χ1) is 7.60. The maximum atomic E-state index is 12.0. The Morgan fingerprint density at radius 2 is 2.25 bits per heavy atom. The van der Waals surface area contributed by atoms with Gasteiger partial charge in [-0.25, -0.2) is 0 Å². The van der Waals surface area contributed by atoms with E-state index >= 15 is 0 Å². The van der Waals surface area contributed by atoms with Gasteiger partial charge in [0.25, 0.3) is 0 Å². The molecule has 0 aliphatic carbocycles. The SMILES string of the molecule is CCC(=O)N[C@@H](C)C(=O)N1CCC[C@H]1CO. The van der Waals surface area contributed by atoms with Gasteiger partial charge in [-0.1, -0.05) is 6.92 Å².